The number of thioether (sulfide) groups is 1. The van der Waals surface area contributed by atoms with Gasteiger partial charge in [-0.2, -0.15) is 0 Å². The van der Waals surface area contributed by atoms with Gasteiger partial charge in [0.15, 0.2) is 0 Å². The highest BCUT2D eigenvalue weighted by molar-refractivity contribution is 8.04. The summed E-state index contributed by atoms with van der Waals surface area (Å²) in [4.78, 5) is 12.4. The van der Waals surface area contributed by atoms with Crippen LogP contribution in [0.15, 0.2) is 71.3 Å². The molecule has 1 atom stereocenters. The molecule has 1 heterocycles. The molecule has 2 aromatic carbocycles. The molecule has 1 N–H and O–H groups in total. The SMILES string of the molecule is O=C1OC(c2ccccc2)CC(O)=C1SCCOc1ccccc1. The standard InChI is InChI=1S/C19H18O4S/c20-16-13-17(14-7-3-1-4-8-14)23-19(21)18(16)24-12-11-22-15-9-5-2-6-10-15/h1-10,17,20H,11-13H2. The third kappa shape index (κ3) is 4.11. The van der Waals surface area contributed by atoms with E-state index in [9.17, 15) is 9.90 Å². The van der Waals surface area contributed by atoms with Gasteiger partial charge in [-0.25, -0.2) is 4.79 Å². The van der Waals surface area contributed by atoms with Gasteiger partial charge in [0.2, 0.25) is 0 Å². The van der Waals surface area contributed by atoms with Crippen molar-refractivity contribution in [3.8, 4) is 5.75 Å². The zero-order valence-electron chi connectivity index (χ0n) is 13.1. The molecule has 0 spiro atoms. The highest BCUT2D eigenvalue weighted by Crippen LogP contribution is 2.35. The molecule has 124 valence electrons. The highest BCUT2D eigenvalue weighted by Gasteiger charge is 2.30. The van der Waals surface area contributed by atoms with Crippen LogP contribution >= 0.6 is 11.8 Å². The molecule has 0 saturated carbocycles. The maximum absolute atomic E-state index is 12.2. The van der Waals surface area contributed by atoms with E-state index in [1.807, 2.05) is 60.7 Å². The van der Waals surface area contributed by atoms with E-state index < -0.39 is 12.1 Å². The summed E-state index contributed by atoms with van der Waals surface area (Å²) in [6.07, 6.45) is -0.124. The average Bonchev–Trinajstić information content (AvgIpc) is 2.62. The Labute approximate surface area is 145 Å². The molecule has 0 bridgehead atoms. The Morgan fingerprint density at radius 1 is 1.08 bits per heavy atom. The normalized spacial score (nSPS) is 17.5. The van der Waals surface area contributed by atoms with Crippen molar-refractivity contribution < 1.29 is 19.4 Å². The molecule has 0 amide bonds. The van der Waals surface area contributed by atoms with Crippen LogP contribution in [0, 0.1) is 0 Å². The van der Waals surface area contributed by atoms with Crippen LogP contribution in [-0.2, 0) is 9.53 Å². The van der Waals surface area contributed by atoms with Gasteiger partial charge in [0, 0.05) is 12.2 Å². The van der Waals surface area contributed by atoms with Crippen molar-refractivity contribution in [3.05, 3.63) is 76.9 Å². The van der Waals surface area contributed by atoms with Gasteiger partial charge < -0.3 is 14.6 Å². The number of rotatable bonds is 6. The van der Waals surface area contributed by atoms with Crippen LogP contribution in [-0.4, -0.2) is 23.4 Å². The summed E-state index contributed by atoms with van der Waals surface area (Å²) in [6, 6.07) is 18.9. The minimum Gasteiger partial charge on any atom is -0.511 e. The number of hydrogen-bond acceptors (Lipinski definition) is 5. The first kappa shape index (κ1) is 16.5. The molecular formula is C19H18O4S. The van der Waals surface area contributed by atoms with Crippen molar-refractivity contribution in [1.29, 1.82) is 0 Å². The van der Waals surface area contributed by atoms with E-state index in [2.05, 4.69) is 0 Å². The molecule has 3 rings (SSSR count). The molecule has 0 saturated heterocycles. The molecule has 5 heteroatoms. The predicted octanol–water partition coefficient (Wildman–Crippen LogP) is 4.26. The van der Waals surface area contributed by atoms with Gasteiger partial charge in [0.1, 0.15) is 22.5 Å². The number of esters is 1. The quantitative estimate of drug-likeness (QED) is 0.628. The van der Waals surface area contributed by atoms with Crippen LogP contribution < -0.4 is 4.74 Å². The fourth-order valence-corrected chi connectivity index (χ4v) is 3.21. The summed E-state index contributed by atoms with van der Waals surface area (Å²) in [7, 11) is 0. The third-order valence-corrected chi connectivity index (χ3v) is 4.65. The van der Waals surface area contributed by atoms with Gasteiger partial charge in [0.25, 0.3) is 0 Å². The number of carbonyl (C=O) groups is 1. The first-order valence-corrected chi connectivity index (χ1v) is 8.71. The lowest BCUT2D eigenvalue weighted by molar-refractivity contribution is -0.146. The molecule has 0 fully saturated rings. The van der Waals surface area contributed by atoms with E-state index >= 15 is 0 Å². The van der Waals surface area contributed by atoms with E-state index in [1.165, 1.54) is 11.8 Å². The Morgan fingerprint density at radius 3 is 2.42 bits per heavy atom. The number of aliphatic hydroxyl groups is 1. The smallest absolute Gasteiger partial charge is 0.348 e. The maximum atomic E-state index is 12.2. The first-order valence-electron chi connectivity index (χ1n) is 7.72. The van der Waals surface area contributed by atoms with E-state index in [1.54, 1.807) is 0 Å². The summed E-state index contributed by atoms with van der Waals surface area (Å²) in [5, 5.41) is 10.2. The molecule has 0 aliphatic carbocycles. The van der Waals surface area contributed by atoms with Gasteiger partial charge in [-0.05, 0) is 17.7 Å². The molecule has 0 aromatic heterocycles. The van der Waals surface area contributed by atoms with Crippen molar-refractivity contribution in [1.82, 2.24) is 0 Å². The molecular weight excluding hydrogens is 324 g/mol. The van der Waals surface area contributed by atoms with Gasteiger partial charge in [0.05, 0.1) is 6.61 Å². The second-order valence-electron chi connectivity index (χ2n) is 5.29. The summed E-state index contributed by atoms with van der Waals surface area (Å²) in [5.74, 6) is 0.952. The van der Waals surface area contributed by atoms with Crippen molar-refractivity contribution in [2.45, 2.75) is 12.5 Å². The third-order valence-electron chi connectivity index (χ3n) is 3.59. The van der Waals surface area contributed by atoms with E-state index in [0.717, 1.165) is 11.3 Å². The van der Waals surface area contributed by atoms with Crippen LogP contribution in [0.3, 0.4) is 0 Å². The number of para-hydroxylation sites is 1. The van der Waals surface area contributed by atoms with E-state index in [4.69, 9.17) is 9.47 Å². The number of ether oxygens (including phenoxy) is 2. The largest absolute Gasteiger partial charge is 0.511 e. The zero-order chi connectivity index (χ0) is 16.8. The fraction of sp³-hybridized carbons (Fsp3) is 0.211. The zero-order valence-corrected chi connectivity index (χ0v) is 13.9. The Bertz CT molecular complexity index is 713. The molecule has 1 aliphatic heterocycles. The van der Waals surface area contributed by atoms with E-state index in [0.29, 0.717) is 18.8 Å². The van der Waals surface area contributed by atoms with Crippen LogP contribution in [0.25, 0.3) is 0 Å². The number of aliphatic hydroxyl groups excluding tert-OH is 1. The lowest BCUT2D eigenvalue weighted by Gasteiger charge is -2.24. The van der Waals surface area contributed by atoms with Crippen LogP contribution in [0.4, 0.5) is 0 Å². The molecule has 1 aliphatic rings. The lowest BCUT2D eigenvalue weighted by Crippen LogP contribution is -2.20. The van der Waals surface area contributed by atoms with Crippen LogP contribution in [0.2, 0.25) is 0 Å². The summed E-state index contributed by atoms with van der Waals surface area (Å²) >= 11 is 1.26. The van der Waals surface area contributed by atoms with Gasteiger partial charge in [-0.15, -0.1) is 11.8 Å². The van der Waals surface area contributed by atoms with Gasteiger partial charge in [-0.1, -0.05) is 48.5 Å². The van der Waals surface area contributed by atoms with Gasteiger partial charge >= 0.3 is 5.97 Å². The number of benzene rings is 2. The Morgan fingerprint density at radius 2 is 1.75 bits per heavy atom. The van der Waals surface area contributed by atoms with Gasteiger partial charge in [-0.3, -0.25) is 0 Å². The number of cyclic esters (lactones) is 1. The predicted molar refractivity (Wildman–Crippen MR) is 93.9 cm³/mol. The Kier molecular flexibility index (Phi) is 5.43. The topological polar surface area (TPSA) is 55.8 Å². The molecule has 2 aromatic rings. The molecule has 4 nitrogen and oxygen atoms in total. The number of carbonyl (C=O) groups excluding carboxylic acids is 1. The average molecular weight is 342 g/mol. The Balaban J connectivity index is 1.55. The summed E-state index contributed by atoms with van der Waals surface area (Å²) in [5.41, 5.74) is 0.883. The van der Waals surface area contributed by atoms with Crippen LogP contribution in [0.5, 0.6) is 5.75 Å². The molecule has 0 radical (unpaired) electrons. The van der Waals surface area contributed by atoms with Crippen molar-refractivity contribution in [2.75, 3.05) is 12.4 Å². The minimum atomic E-state index is -0.475. The highest BCUT2D eigenvalue weighted by atomic mass is 32.2. The van der Waals surface area contributed by atoms with Crippen LogP contribution in [0.1, 0.15) is 18.1 Å². The summed E-state index contributed by atoms with van der Waals surface area (Å²) < 4.78 is 11.0. The minimum absolute atomic E-state index is 0.0878. The first-order chi connectivity index (χ1) is 11.7. The van der Waals surface area contributed by atoms with E-state index in [-0.39, 0.29) is 10.7 Å². The maximum Gasteiger partial charge on any atom is 0.348 e. The number of hydrogen-bond donors (Lipinski definition) is 1. The second-order valence-corrected chi connectivity index (χ2v) is 6.40. The van der Waals surface area contributed by atoms with Crippen molar-refractivity contribution in [2.24, 2.45) is 0 Å². The fourth-order valence-electron chi connectivity index (χ4n) is 2.43. The molecule has 24 heavy (non-hydrogen) atoms. The van der Waals surface area contributed by atoms with Crippen molar-refractivity contribution >= 4 is 17.7 Å². The monoisotopic (exact) mass is 342 g/mol. The Hall–Kier alpha value is -2.40. The molecule has 1 unspecified atom stereocenters. The summed E-state index contributed by atoms with van der Waals surface area (Å²) in [6.45, 7) is 0.445. The lowest BCUT2D eigenvalue weighted by atomic mass is 10.0. The van der Waals surface area contributed by atoms with Crippen molar-refractivity contribution in [3.63, 3.8) is 0 Å². The second kappa shape index (κ2) is 7.93.